The molecule has 0 radical (unpaired) electrons. The van der Waals surface area contributed by atoms with Crippen LogP contribution in [0.5, 0.6) is 0 Å². The summed E-state index contributed by atoms with van der Waals surface area (Å²) >= 11 is 3.87. The van der Waals surface area contributed by atoms with E-state index in [2.05, 4.69) is 176 Å². The third-order valence-electron chi connectivity index (χ3n) is 10.6. The predicted octanol–water partition coefficient (Wildman–Crippen LogP) is 6.91. The van der Waals surface area contributed by atoms with Crippen LogP contribution in [0.1, 0.15) is 11.1 Å². The summed E-state index contributed by atoms with van der Waals surface area (Å²) < 4.78 is 0. The molecule has 232 valence electrons. The fourth-order valence-electron chi connectivity index (χ4n) is 8.54. The Bertz CT molecular complexity index is 2340. The fraction of sp³-hybridized carbons (Fsp3) is 0.0455. The van der Waals surface area contributed by atoms with Gasteiger partial charge in [0, 0.05) is 31.0 Å². The normalized spacial score (nSPS) is 14.7. The van der Waals surface area contributed by atoms with E-state index in [-0.39, 0.29) is 6.71 Å². The number of hydrogen-bond donors (Lipinski definition) is 0. The minimum Gasteiger partial charge on any atom is -0.310 e. The first-order valence-corrected chi connectivity index (χ1v) is 20.6. The van der Waals surface area contributed by atoms with Gasteiger partial charge in [0.25, 0.3) is 0 Å². The lowest BCUT2D eigenvalue weighted by atomic mass is 9.36. The monoisotopic (exact) mass is 677 g/mol. The molecule has 0 saturated heterocycles. The van der Waals surface area contributed by atoms with Crippen molar-refractivity contribution in [1.29, 1.82) is 0 Å². The second-order valence-electron chi connectivity index (χ2n) is 13.4. The van der Waals surface area contributed by atoms with Crippen LogP contribution in [0.2, 0.25) is 0 Å². The molecule has 49 heavy (non-hydrogen) atoms. The van der Waals surface area contributed by atoms with Gasteiger partial charge in [0.15, 0.2) is 8.07 Å². The van der Waals surface area contributed by atoms with E-state index in [0.717, 1.165) is 0 Å². The van der Waals surface area contributed by atoms with Crippen LogP contribution in [0, 0.1) is 13.8 Å². The second-order valence-corrected chi connectivity index (χ2v) is 19.3. The van der Waals surface area contributed by atoms with Gasteiger partial charge in [0.05, 0.1) is 5.69 Å². The Morgan fingerprint density at radius 3 is 1.53 bits per heavy atom. The van der Waals surface area contributed by atoms with Gasteiger partial charge in [-0.3, -0.25) is 0 Å². The number of anilines is 3. The molecular weight excluding hydrogens is 646 g/mol. The Morgan fingerprint density at radius 1 is 0.469 bits per heavy atom. The number of hydrogen-bond acceptors (Lipinski definition) is 3. The zero-order valence-corrected chi connectivity index (χ0v) is 30.0. The number of rotatable bonds is 3. The van der Waals surface area contributed by atoms with Crippen molar-refractivity contribution in [3.8, 4) is 0 Å². The Kier molecular flexibility index (Phi) is 6.67. The number of nitrogens with zero attached hydrogens (tertiary/aromatic N) is 1. The van der Waals surface area contributed by atoms with E-state index in [1.165, 1.54) is 84.9 Å². The van der Waals surface area contributed by atoms with E-state index in [9.17, 15) is 0 Å². The Morgan fingerprint density at radius 2 is 0.959 bits per heavy atom. The smallest absolute Gasteiger partial charge is 0.247 e. The van der Waals surface area contributed by atoms with E-state index in [0.29, 0.717) is 0 Å². The van der Waals surface area contributed by atoms with Crippen LogP contribution in [0.25, 0.3) is 0 Å². The molecule has 1 nitrogen and oxygen atoms in total. The first-order valence-electron chi connectivity index (χ1n) is 17.0. The van der Waals surface area contributed by atoms with E-state index in [4.69, 9.17) is 0 Å². The van der Waals surface area contributed by atoms with Gasteiger partial charge in [0.2, 0.25) is 6.71 Å². The van der Waals surface area contributed by atoms with Crippen LogP contribution >= 0.6 is 23.5 Å². The highest BCUT2D eigenvalue weighted by molar-refractivity contribution is 8.01. The molecule has 3 aliphatic heterocycles. The summed E-state index contributed by atoms with van der Waals surface area (Å²) in [7, 11) is -2.73. The van der Waals surface area contributed by atoms with Gasteiger partial charge in [-0.1, -0.05) is 167 Å². The summed E-state index contributed by atoms with van der Waals surface area (Å²) in [6.45, 7) is 4.71. The lowest BCUT2D eigenvalue weighted by molar-refractivity contribution is 1.21. The summed E-state index contributed by atoms with van der Waals surface area (Å²) in [5.41, 5.74) is 10.7. The van der Waals surface area contributed by atoms with E-state index in [1.54, 1.807) is 0 Å². The predicted molar refractivity (Wildman–Crippen MR) is 214 cm³/mol. The van der Waals surface area contributed by atoms with Gasteiger partial charge in [-0.05, 0) is 76.5 Å². The number of benzene rings is 7. The standard InChI is InChI=1S/C44H32BNS2Si/c1-29-21-23-35-41(27-29)49(31-13-5-3-6-14-31,32-15-7-4-8-16-32)42-28-30(2)22-24-36(42)46(35)37-25-26-40-43-44(37)48-39-20-12-10-18-34(39)45(43)33-17-9-11-19-38(33)47-40/h3-28H,1-2H3. The highest BCUT2D eigenvalue weighted by atomic mass is 32.2. The lowest BCUT2D eigenvalue weighted by Crippen LogP contribution is -2.77. The molecule has 7 aromatic carbocycles. The zero-order valence-electron chi connectivity index (χ0n) is 27.4. The maximum atomic E-state index is 2.61. The first kappa shape index (κ1) is 29.3. The summed E-state index contributed by atoms with van der Waals surface area (Å²) in [4.78, 5) is 8.06. The summed E-state index contributed by atoms with van der Waals surface area (Å²) in [5, 5.41) is 5.74. The molecule has 0 atom stereocenters. The highest BCUT2D eigenvalue weighted by Crippen LogP contribution is 2.47. The second kappa shape index (κ2) is 11.2. The van der Waals surface area contributed by atoms with Crippen LogP contribution in [-0.2, 0) is 0 Å². The molecule has 5 heteroatoms. The molecule has 3 aliphatic rings. The van der Waals surface area contributed by atoms with Gasteiger partial charge in [-0.2, -0.15) is 0 Å². The Labute approximate surface area is 298 Å². The minimum absolute atomic E-state index is 0.210. The lowest BCUT2D eigenvalue weighted by Gasteiger charge is -2.46. The van der Waals surface area contributed by atoms with Crippen molar-refractivity contribution < 1.29 is 0 Å². The molecule has 0 spiro atoms. The van der Waals surface area contributed by atoms with Gasteiger partial charge in [0.1, 0.15) is 0 Å². The molecule has 7 aromatic rings. The van der Waals surface area contributed by atoms with Gasteiger partial charge >= 0.3 is 0 Å². The maximum Gasteiger partial charge on any atom is 0.247 e. The quantitative estimate of drug-likeness (QED) is 0.187. The SMILES string of the molecule is Cc1ccc2c(c1)[Si](c1ccccc1)(c1ccccc1)c1cc(C)ccc1N2c1ccc2c3c1Sc1ccccc1B3c1ccccc1S2. The molecule has 0 unspecified atom stereocenters. The van der Waals surface area contributed by atoms with E-state index >= 15 is 0 Å². The highest BCUT2D eigenvalue weighted by Gasteiger charge is 2.50. The molecule has 0 saturated carbocycles. The van der Waals surface area contributed by atoms with Crippen LogP contribution < -0.4 is 42.0 Å². The molecular formula is C44H32BNS2Si. The van der Waals surface area contributed by atoms with Gasteiger partial charge < -0.3 is 4.90 Å². The zero-order chi connectivity index (χ0) is 32.7. The fourth-order valence-corrected chi connectivity index (χ4v) is 16.3. The van der Waals surface area contributed by atoms with E-state index in [1.807, 2.05) is 23.5 Å². The number of aryl methyl sites for hydroxylation is 2. The third kappa shape index (κ3) is 4.22. The molecule has 10 rings (SSSR count). The maximum absolute atomic E-state index is 2.73. The van der Waals surface area contributed by atoms with Crippen molar-refractivity contribution in [3.63, 3.8) is 0 Å². The molecule has 0 aliphatic carbocycles. The van der Waals surface area contributed by atoms with Gasteiger partial charge in [-0.25, -0.2) is 0 Å². The van der Waals surface area contributed by atoms with Crippen LogP contribution in [0.15, 0.2) is 177 Å². The molecule has 0 bridgehead atoms. The molecule has 3 heterocycles. The summed E-state index contributed by atoms with van der Waals surface area (Å²) in [6, 6.07) is 60.0. The average Bonchev–Trinajstić information content (AvgIpc) is 3.15. The Hall–Kier alpha value is -4.68. The topological polar surface area (TPSA) is 3.24 Å². The Balaban J connectivity index is 1.30. The summed E-state index contributed by atoms with van der Waals surface area (Å²) in [5.74, 6) is 0. The van der Waals surface area contributed by atoms with Crippen LogP contribution in [0.4, 0.5) is 17.1 Å². The van der Waals surface area contributed by atoms with Crippen molar-refractivity contribution in [3.05, 3.63) is 169 Å². The van der Waals surface area contributed by atoms with Crippen LogP contribution in [-0.4, -0.2) is 14.8 Å². The van der Waals surface area contributed by atoms with Crippen LogP contribution in [0.3, 0.4) is 0 Å². The van der Waals surface area contributed by atoms with Crippen molar-refractivity contribution in [1.82, 2.24) is 0 Å². The largest absolute Gasteiger partial charge is 0.310 e. The summed E-state index contributed by atoms with van der Waals surface area (Å²) in [6.07, 6.45) is 0. The third-order valence-corrected chi connectivity index (χ3v) is 17.8. The molecule has 0 fully saturated rings. The molecule has 0 N–H and O–H groups in total. The van der Waals surface area contributed by atoms with Crippen molar-refractivity contribution in [2.45, 2.75) is 33.4 Å². The van der Waals surface area contributed by atoms with Gasteiger partial charge in [-0.15, -0.1) is 0 Å². The first-order chi connectivity index (χ1) is 24.1. The number of fused-ring (bicyclic) bond motifs is 6. The molecule has 0 aromatic heterocycles. The van der Waals surface area contributed by atoms with Crippen molar-refractivity contribution in [2.24, 2.45) is 0 Å². The van der Waals surface area contributed by atoms with Crippen molar-refractivity contribution >= 4 is 92.5 Å². The van der Waals surface area contributed by atoms with E-state index < -0.39 is 8.07 Å². The minimum atomic E-state index is -2.73. The van der Waals surface area contributed by atoms with Crippen molar-refractivity contribution in [2.75, 3.05) is 4.90 Å². The molecule has 0 amide bonds. The average molecular weight is 678 g/mol.